The standard InChI is InChI=1S/C13H16N4O2/c1-8-6-12(17-16-8)15-13(19)11(14)7-9-2-4-10(18)5-3-9/h2-6,11,18H,7,14H2,1H3,(H2,15,16,17,19)/t11-/m0/s1. The molecule has 5 N–H and O–H groups in total. The van der Waals surface area contributed by atoms with Crippen molar-refractivity contribution in [3.63, 3.8) is 0 Å². The smallest absolute Gasteiger partial charge is 0.242 e. The first-order valence-electron chi connectivity index (χ1n) is 5.91. The number of hydrogen-bond donors (Lipinski definition) is 4. The summed E-state index contributed by atoms with van der Waals surface area (Å²) in [5, 5.41) is 18.5. The van der Waals surface area contributed by atoms with Crippen molar-refractivity contribution >= 4 is 11.7 Å². The van der Waals surface area contributed by atoms with Crippen LogP contribution in [0.25, 0.3) is 0 Å². The summed E-state index contributed by atoms with van der Waals surface area (Å²) in [6.45, 7) is 1.85. The number of phenols is 1. The van der Waals surface area contributed by atoms with Gasteiger partial charge in [-0.2, -0.15) is 5.10 Å². The van der Waals surface area contributed by atoms with E-state index in [0.29, 0.717) is 12.2 Å². The monoisotopic (exact) mass is 260 g/mol. The predicted octanol–water partition coefficient (Wildman–Crippen LogP) is 0.932. The van der Waals surface area contributed by atoms with E-state index in [1.807, 2.05) is 6.92 Å². The Balaban J connectivity index is 1.94. The van der Waals surface area contributed by atoms with Gasteiger partial charge in [-0.25, -0.2) is 0 Å². The number of hydrogen-bond acceptors (Lipinski definition) is 4. The van der Waals surface area contributed by atoms with Gasteiger partial charge in [0.2, 0.25) is 5.91 Å². The van der Waals surface area contributed by atoms with Crippen LogP contribution < -0.4 is 11.1 Å². The molecule has 0 unspecified atom stereocenters. The SMILES string of the molecule is Cc1cc(NC(=O)[C@@H](N)Cc2ccc(O)cc2)n[nH]1. The lowest BCUT2D eigenvalue weighted by molar-refractivity contribution is -0.117. The molecule has 100 valence electrons. The number of aromatic amines is 1. The minimum Gasteiger partial charge on any atom is -0.508 e. The fraction of sp³-hybridized carbons (Fsp3) is 0.231. The third kappa shape index (κ3) is 3.56. The molecule has 0 aliphatic carbocycles. The highest BCUT2D eigenvalue weighted by molar-refractivity contribution is 5.94. The maximum Gasteiger partial charge on any atom is 0.242 e. The normalized spacial score (nSPS) is 12.1. The van der Waals surface area contributed by atoms with Crippen molar-refractivity contribution in [1.82, 2.24) is 10.2 Å². The summed E-state index contributed by atoms with van der Waals surface area (Å²) in [4.78, 5) is 11.9. The molecule has 1 heterocycles. The summed E-state index contributed by atoms with van der Waals surface area (Å²) in [5.41, 5.74) is 7.58. The fourth-order valence-electron chi connectivity index (χ4n) is 1.68. The summed E-state index contributed by atoms with van der Waals surface area (Å²) in [6, 6.07) is 7.67. The highest BCUT2D eigenvalue weighted by Gasteiger charge is 2.15. The van der Waals surface area contributed by atoms with Gasteiger partial charge in [-0.1, -0.05) is 12.1 Å². The lowest BCUT2D eigenvalue weighted by atomic mass is 10.1. The molecule has 0 bridgehead atoms. The van der Waals surface area contributed by atoms with E-state index in [1.54, 1.807) is 30.3 Å². The van der Waals surface area contributed by atoms with Crippen LogP contribution >= 0.6 is 0 Å². The number of aromatic hydroxyl groups is 1. The van der Waals surface area contributed by atoms with E-state index in [1.165, 1.54) is 0 Å². The molecule has 1 aromatic carbocycles. The summed E-state index contributed by atoms with van der Waals surface area (Å²) >= 11 is 0. The molecule has 0 saturated carbocycles. The molecule has 19 heavy (non-hydrogen) atoms. The van der Waals surface area contributed by atoms with Crippen LogP contribution in [0.2, 0.25) is 0 Å². The number of nitrogens with zero attached hydrogens (tertiary/aromatic N) is 1. The van der Waals surface area contributed by atoms with Crippen LogP contribution in [0.1, 0.15) is 11.3 Å². The van der Waals surface area contributed by atoms with Gasteiger partial charge in [-0.15, -0.1) is 0 Å². The third-order valence-corrected chi connectivity index (χ3v) is 2.69. The Morgan fingerprint density at radius 1 is 1.47 bits per heavy atom. The zero-order valence-electron chi connectivity index (χ0n) is 10.6. The van der Waals surface area contributed by atoms with E-state index < -0.39 is 6.04 Å². The van der Waals surface area contributed by atoms with Crippen LogP contribution in [-0.4, -0.2) is 27.3 Å². The molecule has 1 amide bonds. The van der Waals surface area contributed by atoms with E-state index in [2.05, 4.69) is 15.5 Å². The number of aromatic nitrogens is 2. The van der Waals surface area contributed by atoms with Gasteiger partial charge < -0.3 is 16.2 Å². The van der Waals surface area contributed by atoms with Crippen LogP contribution in [0, 0.1) is 6.92 Å². The molecular formula is C13H16N4O2. The maximum absolute atomic E-state index is 11.9. The first-order chi connectivity index (χ1) is 9.04. The number of carbonyl (C=O) groups is 1. The largest absolute Gasteiger partial charge is 0.508 e. The van der Waals surface area contributed by atoms with Gasteiger partial charge >= 0.3 is 0 Å². The van der Waals surface area contributed by atoms with Gasteiger partial charge in [-0.3, -0.25) is 9.89 Å². The number of amides is 1. The summed E-state index contributed by atoms with van der Waals surface area (Å²) in [5.74, 6) is 0.358. The van der Waals surface area contributed by atoms with Gasteiger partial charge in [0.05, 0.1) is 6.04 Å². The quantitative estimate of drug-likeness (QED) is 0.656. The number of rotatable bonds is 4. The van der Waals surface area contributed by atoms with Crippen LogP contribution in [0.3, 0.4) is 0 Å². The maximum atomic E-state index is 11.9. The summed E-state index contributed by atoms with van der Waals surface area (Å²) < 4.78 is 0. The van der Waals surface area contributed by atoms with E-state index in [-0.39, 0.29) is 11.7 Å². The van der Waals surface area contributed by atoms with Crippen molar-refractivity contribution in [2.24, 2.45) is 5.73 Å². The number of anilines is 1. The van der Waals surface area contributed by atoms with Gasteiger partial charge in [0.25, 0.3) is 0 Å². The molecule has 0 spiro atoms. The molecule has 1 aromatic heterocycles. The molecule has 6 heteroatoms. The highest BCUT2D eigenvalue weighted by Crippen LogP contribution is 2.11. The van der Waals surface area contributed by atoms with Crippen molar-refractivity contribution in [3.05, 3.63) is 41.6 Å². The number of phenolic OH excluding ortho intramolecular Hbond substituents is 1. The molecule has 0 aliphatic rings. The Morgan fingerprint density at radius 3 is 2.74 bits per heavy atom. The van der Waals surface area contributed by atoms with Crippen LogP contribution in [0.5, 0.6) is 5.75 Å². The van der Waals surface area contributed by atoms with Gasteiger partial charge in [0, 0.05) is 11.8 Å². The lowest BCUT2D eigenvalue weighted by Gasteiger charge is -2.10. The molecule has 0 fully saturated rings. The van der Waals surface area contributed by atoms with Crippen LogP contribution in [0.15, 0.2) is 30.3 Å². The average molecular weight is 260 g/mol. The van der Waals surface area contributed by atoms with Crippen molar-refractivity contribution in [2.45, 2.75) is 19.4 Å². The van der Waals surface area contributed by atoms with Crippen molar-refractivity contribution in [3.8, 4) is 5.75 Å². The summed E-state index contributed by atoms with van der Waals surface area (Å²) in [7, 11) is 0. The molecule has 0 aliphatic heterocycles. The minimum atomic E-state index is -0.665. The molecule has 2 rings (SSSR count). The fourth-order valence-corrected chi connectivity index (χ4v) is 1.68. The Labute approximate surface area is 110 Å². The van der Waals surface area contributed by atoms with E-state index in [4.69, 9.17) is 5.73 Å². The van der Waals surface area contributed by atoms with E-state index >= 15 is 0 Å². The van der Waals surface area contributed by atoms with Crippen molar-refractivity contribution < 1.29 is 9.90 Å². The van der Waals surface area contributed by atoms with Crippen molar-refractivity contribution in [2.75, 3.05) is 5.32 Å². The predicted molar refractivity (Wildman–Crippen MR) is 71.7 cm³/mol. The Bertz CT molecular complexity index is 562. The molecule has 0 saturated heterocycles. The van der Waals surface area contributed by atoms with Crippen LogP contribution in [0.4, 0.5) is 5.82 Å². The van der Waals surface area contributed by atoms with Gasteiger partial charge in [0.15, 0.2) is 5.82 Å². The highest BCUT2D eigenvalue weighted by atomic mass is 16.3. The average Bonchev–Trinajstić information content (AvgIpc) is 2.77. The Hall–Kier alpha value is -2.34. The van der Waals surface area contributed by atoms with Gasteiger partial charge in [-0.05, 0) is 31.0 Å². The second-order valence-corrected chi connectivity index (χ2v) is 4.40. The first kappa shape index (κ1) is 13.1. The second kappa shape index (κ2) is 5.53. The van der Waals surface area contributed by atoms with E-state index in [0.717, 1.165) is 11.3 Å². The molecule has 6 nitrogen and oxygen atoms in total. The topological polar surface area (TPSA) is 104 Å². The number of carbonyl (C=O) groups excluding carboxylic acids is 1. The Morgan fingerprint density at radius 2 is 2.16 bits per heavy atom. The number of H-pyrrole nitrogens is 1. The Kier molecular flexibility index (Phi) is 3.82. The number of aryl methyl sites for hydroxylation is 1. The van der Waals surface area contributed by atoms with Crippen molar-refractivity contribution in [1.29, 1.82) is 0 Å². The first-order valence-corrected chi connectivity index (χ1v) is 5.91. The zero-order chi connectivity index (χ0) is 13.8. The van der Waals surface area contributed by atoms with Gasteiger partial charge in [0.1, 0.15) is 5.75 Å². The molecule has 1 atom stereocenters. The molecular weight excluding hydrogens is 244 g/mol. The number of benzene rings is 1. The third-order valence-electron chi connectivity index (χ3n) is 2.69. The number of nitrogens with two attached hydrogens (primary N) is 1. The summed E-state index contributed by atoms with van der Waals surface area (Å²) in [6.07, 6.45) is 0.398. The zero-order valence-corrected chi connectivity index (χ0v) is 10.6. The molecule has 2 aromatic rings. The second-order valence-electron chi connectivity index (χ2n) is 4.40. The number of nitrogens with one attached hydrogen (secondary N) is 2. The molecule has 0 radical (unpaired) electrons. The van der Waals surface area contributed by atoms with Crippen LogP contribution in [-0.2, 0) is 11.2 Å². The lowest BCUT2D eigenvalue weighted by Crippen LogP contribution is -2.37. The van der Waals surface area contributed by atoms with E-state index in [9.17, 15) is 9.90 Å². The minimum absolute atomic E-state index is 0.189.